The Kier molecular flexibility index (Phi) is 23.0. The number of carbonyl (C=O) groups excluding carboxylic acids is 3. The second-order valence-corrected chi connectivity index (χ2v) is 19.7. The number of nitrogens with one attached hydrogen (secondary N) is 4. The fourth-order valence-corrected chi connectivity index (χ4v) is 9.43. The van der Waals surface area contributed by atoms with Crippen molar-refractivity contribution in [3.05, 3.63) is 112 Å². The molecule has 394 valence electrons. The largest absolute Gasteiger partial charge is 0.515 e. The number of thiazole rings is 1. The molecule has 0 radical (unpaired) electrons. The second kappa shape index (κ2) is 29.7. The van der Waals surface area contributed by atoms with Crippen LogP contribution in [0.15, 0.2) is 78.8 Å². The minimum atomic E-state index is -0.843. The van der Waals surface area contributed by atoms with E-state index < -0.39 is 23.4 Å². The van der Waals surface area contributed by atoms with Crippen LogP contribution in [0.4, 0.5) is 0 Å². The molecule has 73 heavy (non-hydrogen) atoms. The fourth-order valence-electron chi connectivity index (χ4n) is 8.62. The predicted octanol–water partition coefficient (Wildman–Crippen LogP) is 6.79. The van der Waals surface area contributed by atoms with Crippen LogP contribution in [0.1, 0.15) is 80.0 Å². The van der Waals surface area contributed by atoms with Crippen LogP contribution < -0.4 is 16.0 Å². The number of aromatic nitrogens is 2. The van der Waals surface area contributed by atoms with Crippen molar-refractivity contribution in [3.63, 3.8) is 0 Å². The fraction of sp³-hybridized carbons (Fsp3) is 0.491. The van der Waals surface area contributed by atoms with E-state index >= 15 is 0 Å². The third-order valence-corrected chi connectivity index (χ3v) is 13.5. The first-order chi connectivity index (χ1) is 35.5. The molecule has 0 unspecified atom stereocenters. The summed E-state index contributed by atoms with van der Waals surface area (Å²) < 4.78 is 33.7. The second-order valence-electron chi connectivity index (χ2n) is 18.8. The summed E-state index contributed by atoms with van der Waals surface area (Å²) in [7, 11) is 0. The highest BCUT2D eigenvalue weighted by molar-refractivity contribution is 7.13. The Balaban J connectivity index is 0.750. The van der Waals surface area contributed by atoms with E-state index in [1.54, 1.807) is 28.6 Å². The molecule has 5 N–H and O–H groups in total. The molecule has 3 heterocycles. The average molecular weight is 1020 g/mol. The van der Waals surface area contributed by atoms with Gasteiger partial charge in [0.05, 0.1) is 94.1 Å². The number of aryl methyl sites for hydroxylation is 2. The van der Waals surface area contributed by atoms with Crippen LogP contribution in [0.3, 0.4) is 0 Å². The summed E-state index contributed by atoms with van der Waals surface area (Å²) >= 11 is 1.59. The summed E-state index contributed by atoms with van der Waals surface area (Å²) in [4.78, 5) is 51.4. The van der Waals surface area contributed by atoms with Gasteiger partial charge < -0.3 is 59.8 Å². The Bertz CT molecular complexity index is 2440. The molecule has 6 rings (SSSR count). The predicted molar refractivity (Wildman–Crippen MR) is 283 cm³/mol. The summed E-state index contributed by atoms with van der Waals surface area (Å²) in [5, 5.41) is 27.3. The molecule has 1 aliphatic heterocycles. The number of pyridine rings is 1. The summed E-state index contributed by atoms with van der Waals surface area (Å²) in [5.74, 6) is -0.913. The van der Waals surface area contributed by atoms with Crippen LogP contribution in [-0.4, -0.2) is 148 Å². The number of allylic oxidation sites excluding steroid dienone is 2. The van der Waals surface area contributed by atoms with E-state index in [0.29, 0.717) is 91.9 Å². The number of ether oxygens (including phenoxy) is 6. The summed E-state index contributed by atoms with van der Waals surface area (Å²) in [6.45, 7) is 13.2. The van der Waals surface area contributed by atoms with E-state index in [1.165, 1.54) is 18.0 Å². The average Bonchev–Trinajstić information content (AvgIpc) is 4.17. The van der Waals surface area contributed by atoms with Crippen molar-refractivity contribution < 1.29 is 47.9 Å². The number of benzene rings is 2. The van der Waals surface area contributed by atoms with Gasteiger partial charge in [0.25, 0.3) is 0 Å². The quantitative estimate of drug-likeness (QED) is 0.0200. The normalized spacial score (nSPS) is 15.8. The minimum Gasteiger partial charge on any atom is -0.515 e. The van der Waals surface area contributed by atoms with E-state index in [0.717, 1.165) is 74.5 Å². The van der Waals surface area contributed by atoms with Crippen LogP contribution >= 0.6 is 11.3 Å². The number of fused-ring (bicyclic) bond motifs is 1. The Labute approximate surface area is 433 Å². The molecule has 2 aliphatic rings. The molecule has 4 aromatic rings. The molecule has 3 amide bonds. The molecule has 1 aliphatic carbocycles. The lowest BCUT2D eigenvalue weighted by Gasteiger charge is -2.35. The van der Waals surface area contributed by atoms with E-state index in [-0.39, 0.29) is 31.6 Å². The highest BCUT2D eigenvalue weighted by Crippen LogP contribution is 2.35. The van der Waals surface area contributed by atoms with E-state index in [2.05, 4.69) is 32.0 Å². The summed E-state index contributed by atoms with van der Waals surface area (Å²) in [5.41, 5.74) is 10.9. The smallest absolute Gasteiger partial charge is 0.246 e. The van der Waals surface area contributed by atoms with Gasteiger partial charge in [0.1, 0.15) is 18.7 Å². The standard InChI is InChI=1S/C55H73N7O10S/c1-39-51(73-38-60-39)42-10-8-40(9-11-42)35-59-53(65)48-7-5-21-62(48)54(66)52(55(2,3)4)61-49(64)37-72-32-31-71-30-29-70-28-27-69-26-25-68-24-23-67-22-6-18-58-50(41-16-19-57-20-17-41)47(34-56)44-14-15-46-43(33-44)12-13-45(46)36-63/h8-11,14-17,19-20,33-34,36,38,48,52,56,58,63H,5-7,12-13,18,21-32,35,37H2,1-4H3,(H,59,65)(H,61,64)/b45-36+,50-47+,56-34?/t48-,52+/m0/s1. The molecular weight excluding hydrogens is 951 g/mol. The van der Waals surface area contributed by atoms with E-state index in [9.17, 15) is 19.5 Å². The summed E-state index contributed by atoms with van der Waals surface area (Å²) in [6, 6.07) is 16.6. The first-order valence-electron chi connectivity index (χ1n) is 25.2. The van der Waals surface area contributed by atoms with Crippen LogP contribution in [0.2, 0.25) is 0 Å². The van der Waals surface area contributed by atoms with Gasteiger partial charge in [-0.15, -0.1) is 11.3 Å². The van der Waals surface area contributed by atoms with Gasteiger partial charge in [-0.05, 0) is 90.0 Å². The number of carbonyl (C=O) groups is 3. The highest BCUT2D eigenvalue weighted by atomic mass is 32.1. The number of likely N-dealkylation sites (tertiary alicyclic amines) is 1. The third-order valence-electron chi connectivity index (χ3n) is 12.5. The van der Waals surface area contributed by atoms with Crippen LogP contribution in [-0.2, 0) is 55.8 Å². The summed E-state index contributed by atoms with van der Waals surface area (Å²) in [6.07, 6.45) is 9.75. The maximum Gasteiger partial charge on any atom is 0.246 e. The zero-order chi connectivity index (χ0) is 51.8. The number of aliphatic hydroxyl groups excluding tert-OH is 1. The van der Waals surface area contributed by atoms with Crippen molar-refractivity contribution in [1.82, 2.24) is 30.8 Å². The van der Waals surface area contributed by atoms with Gasteiger partial charge in [0, 0.05) is 56.0 Å². The Morgan fingerprint density at radius 2 is 1.48 bits per heavy atom. The van der Waals surface area contributed by atoms with Crippen molar-refractivity contribution in [3.8, 4) is 10.4 Å². The van der Waals surface area contributed by atoms with E-state index in [4.69, 9.17) is 33.8 Å². The number of hydrogen-bond acceptors (Lipinski definition) is 15. The lowest BCUT2D eigenvalue weighted by Crippen LogP contribution is -2.58. The molecule has 17 nitrogen and oxygen atoms in total. The Hall–Kier alpha value is -5.86. The molecule has 0 saturated carbocycles. The van der Waals surface area contributed by atoms with Crippen LogP contribution in [0, 0.1) is 17.7 Å². The molecule has 0 spiro atoms. The SMILES string of the molecule is Cc1ncsc1-c1ccc(CNC(=O)[C@@H]2CCCN2C(=O)[C@@H](NC(=O)COCCOCCOCCOCCOCCOCCCN/C(=C(\C=N)c2ccc3c(c2)CC/C3=C\O)c2ccncc2)C(C)(C)C)cc1. The van der Waals surface area contributed by atoms with Crippen molar-refractivity contribution >= 4 is 52.1 Å². The highest BCUT2D eigenvalue weighted by Gasteiger charge is 2.42. The van der Waals surface area contributed by atoms with Crippen LogP contribution in [0.25, 0.3) is 27.3 Å². The monoisotopic (exact) mass is 1020 g/mol. The molecule has 1 saturated heterocycles. The minimum absolute atomic E-state index is 0.191. The van der Waals surface area contributed by atoms with Gasteiger partial charge in [-0.25, -0.2) is 4.98 Å². The van der Waals surface area contributed by atoms with Crippen LogP contribution in [0.5, 0.6) is 0 Å². The van der Waals surface area contributed by atoms with Crippen molar-refractivity contribution in [2.45, 2.75) is 78.4 Å². The van der Waals surface area contributed by atoms with Crippen molar-refractivity contribution in [1.29, 1.82) is 5.41 Å². The molecule has 2 aromatic heterocycles. The molecule has 2 atom stereocenters. The molecule has 2 aromatic carbocycles. The van der Waals surface area contributed by atoms with Gasteiger partial charge in [0.15, 0.2) is 0 Å². The number of amides is 3. The van der Waals surface area contributed by atoms with Gasteiger partial charge in [-0.1, -0.05) is 63.2 Å². The Morgan fingerprint density at radius 1 is 0.836 bits per heavy atom. The first kappa shape index (κ1) is 56.4. The van der Waals surface area contributed by atoms with Gasteiger partial charge in [-0.3, -0.25) is 19.4 Å². The molecule has 18 heteroatoms. The lowest BCUT2D eigenvalue weighted by molar-refractivity contribution is -0.144. The van der Waals surface area contributed by atoms with Gasteiger partial charge in [0.2, 0.25) is 17.7 Å². The number of nitrogens with zero attached hydrogens (tertiary/aromatic N) is 3. The zero-order valence-corrected chi connectivity index (χ0v) is 43.6. The topological polar surface area (TPSA) is 216 Å². The number of aliphatic hydroxyl groups is 1. The number of rotatable bonds is 31. The van der Waals surface area contributed by atoms with Gasteiger partial charge in [-0.2, -0.15) is 0 Å². The Morgan fingerprint density at radius 3 is 2.08 bits per heavy atom. The molecule has 1 fully saturated rings. The zero-order valence-electron chi connectivity index (χ0n) is 42.8. The number of hydrogen-bond donors (Lipinski definition) is 5. The molecule has 0 bridgehead atoms. The first-order valence-corrected chi connectivity index (χ1v) is 26.1. The van der Waals surface area contributed by atoms with E-state index in [1.807, 2.05) is 81.7 Å². The van der Waals surface area contributed by atoms with Crippen molar-refractivity contribution in [2.24, 2.45) is 5.41 Å². The molecular formula is C55H73N7O10S. The van der Waals surface area contributed by atoms with Crippen molar-refractivity contribution in [2.75, 3.05) is 92.4 Å². The lowest BCUT2D eigenvalue weighted by atomic mass is 9.85. The van der Waals surface area contributed by atoms with Gasteiger partial charge >= 0.3 is 0 Å². The maximum atomic E-state index is 13.9. The third kappa shape index (κ3) is 17.4. The maximum absolute atomic E-state index is 13.9.